The van der Waals surface area contributed by atoms with Crippen LogP contribution in [0.3, 0.4) is 0 Å². The Labute approximate surface area is 127 Å². The Hall–Kier alpha value is -1.82. The average molecular weight is 313 g/mol. The van der Waals surface area contributed by atoms with Crippen LogP contribution in [-0.2, 0) is 11.0 Å². The Bertz CT molecular complexity index is 550. The molecule has 1 aliphatic heterocycles. The number of benzene rings is 1. The fourth-order valence-electron chi connectivity index (χ4n) is 2.44. The van der Waals surface area contributed by atoms with Gasteiger partial charge >= 0.3 is 6.18 Å². The molecular weight excluding hydrogens is 295 g/mol. The molecule has 120 valence electrons. The van der Waals surface area contributed by atoms with Gasteiger partial charge < -0.3 is 10.0 Å². The first kappa shape index (κ1) is 16.5. The lowest BCUT2D eigenvalue weighted by molar-refractivity contribution is -0.137. The predicted molar refractivity (Wildman–Crippen MR) is 76.8 cm³/mol. The number of aliphatic hydroxyl groups is 1. The number of alkyl halides is 3. The summed E-state index contributed by atoms with van der Waals surface area (Å²) >= 11 is 0. The van der Waals surface area contributed by atoms with Gasteiger partial charge in [-0.25, -0.2) is 0 Å². The largest absolute Gasteiger partial charge is 0.416 e. The van der Waals surface area contributed by atoms with E-state index in [9.17, 15) is 23.1 Å². The SMILES string of the molecule is CC(O)C1CCN(C(=O)/C=C/c2ccc(C(F)(F)F)cc2)C1. The zero-order valence-corrected chi connectivity index (χ0v) is 12.2. The Kier molecular flexibility index (Phi) is 4.90. The van der Waals surface area contributed by atoms with E-state index in [0.717, 1.165) is 18.6 Å². The van der Waals surface area contributed by atoms with Gasteiger partial charge in [-0.05, 0) is 37.1 Å². The van der Waals surface area contributed by atoms with Crippen molar-refractivity contribution in [3.63, 3.8) is 0 Å². The number of rotatable bonds is 3. The number of carbonyl (C=O) groups excluding carboxylic acids is 1. The van der Waals surface area contributed by atoms with Gasteiger partial charge in [0.1, 0.15) is 0 Å². The Balaban J connectivity index is 1.96. The Morgan fingerprint density at radius 3 is 2.50 bits per heavy atom. The second kappa shape index (κ2) is 6.52. The van der Waals surface area contributed by atoms with Gasteiger partial charge in [-0.1, -0.05) is 12.1 Å². The van der Waals surface area contributed by atoms with Crippen LogP contribution in [0.15, 0.2) is 30.3 Å². The van der Waals surface area contributed by atoms with Gasteiger partial charge in [0, 0.05) is 25.1 Å². The summed E-state index contributed by atoms with van der Waals surface area (Å²) in [6.45, 7) is 2.80. The number of aliphatic hydroxyl groups excluding tert-OH is 1. The molecule has 1 fully saturated rings. The highest BCUT2D eigenvalue weighted by Crippen LogP contribution is 2.29. The monoisotopic (exact) mass is 313 g/mol. The number of nitrogens with zero attached hydrogens (tertiary/aromatic N) is 1. The lowest BCUT2D eigenvalue weighted by atomic mass is 10.0. The molecule has 1 heterocycles. The van der Waals surface area contributed by atoms with E-state index in [1.54, 1.807) is 11.8 Å². The summed E-state index contributed by atoms with van der Waals surface area (Å²) in [6.07, 6.45) is -1.19. The van der Waals surface area contributed by atoms with Gasteiger partial charge in [-0.3, -0.25) is 4.79 Å². The molecular formula is C16H18F3NO2. The molecule has 0 radical (unpaired) electrons. The molecule has 2 rings (SSSR count). The van der Waals surface area contributed by atoms with E-state index < -0.39 is 17.8 Å². The van der Waals surface area contributed by atoms with Crippen LogP contribution < -0.4 is 0 Å². The molecule has 0 bridgehead atoms. The third-order valence-electron chi connectivity index (χ3n) is 3.87. The number of halogens is 3. The number of hydrogen-bond donors (Lipinski definition) is 1. The fourth-order valence-corrected chi connectivity index (χ4v) is 2.44. The molecule has 3 nitrogen and oxygen atoms in total. The first-order valence-electron chi connectivity index (χ1n) is 7.09. The van der Waals surface area contributed by atoms with E-state index in [1.807, 2.05) is 0 Å². The van der Waals surface area contributed by atoms with E-state index in [-0.39, 0.29) is 11.8 Å². The Morgan fingerprint density at radius 2 is 2.00 bits per heavy atom. The van der Waals surface area contributed by atoms with Crippen molar-refractivity contribution < 1.29 is 23.1 Å². The summed E-state index contributed by atoms with van der Waals surface area (Å²) in [5, 5.41) is 9.50. The van der Waals surface area contributed by atoms with Crippen molar-refractivity contribution in [3.05, 3.63) is 41.5 Å². The number of hydrogen-bond acceptors (Lipinski definition) is 2. The molecule has 2 unspecified atom stereocenters. The molecule has 1 amide bonds. The van der Waals surface area contributed by atoms with Gasteiger partial charge in [0.15, 0.2) is 0 Å². The number of likely N-dealkylation sites (tertiary alicyclic amines) is 1. The van der Waals surface area contributed by atoms with E-state index >= 15 is 0 Å². The van der Waals surface area contributed by atoms with E-state index in [0.29, 0.717) is 18.7 Å². The molecule has 0 saturated carbocycles. The van der Waals surface area contributed by atoms with Crippen molar-refractivity contribution in [2.24, 2.45) is 5.92 Å². The topological polar surface area (TPSA) is 40.5 Å². The highest BCUT2D eigenvalue weighted by atomic mass is 19.4. The van der Waals surface area contributed by atoms with Crippen LogP contribution in [0.5, 0.6) is 0 Å². The standard InChI is InChI=1S/C16H18F3NO2/c1-11(21)13-8-9-20(10-13)15(22)7-4-12-2-5-14(6-3-12)16(17,18)19/h2-7,11,13,21H,8-10H2,1H3/b7-4+. The van der Waals surface area contributed by atoms with Crippen molar-refractivity contribution in [2.45, 2.75) is 25.6 Å². The number of amides is 1. The van der Waals surface area contributed by atoms with Crippen molar-refractivity contribution in [3.8, 4) is 0 Å². The minimum Gasteiger partial charge on any atom is -0.393 e. The maximum absolute atomic E-state index is 12.4. The zero-order valence-electron chi connectivity index (χ0n) is 12.2. The van der Waals surface area contributed by atoms with Crippen LogP contribution in [0.2, 0.25) is 0 Å². The molecule has 1 saturated heterocycles. The van der Waals surface area contributed by atoms with Gasteiger partial charge in [-0.15, -0.1) is 0 Å². The molecule has 2 atom stereocenters. The predicted octanol–water partition coefficient (Wildman–Crippen LogP) is 2.95. The second-order valence-electron chi connectivity index (χ2n) is 5.53. The Morgan fingerprint density at radius 1 is 1.36 bits per heavy atom. The summed E-state index contributed by atoms with van der Waals surface area (Å²) in [5.41, 5.74) is -0.178. The quantitative estimate of drug-likeness (QED) is 0.872. The minimum atomic E-state index is -4.36. The maximum atomic E-state index is 12.4. The normalized spacial score (nSPS) is 20.6. The lowest BCUT2D eigenvalue weighted by Crippen LogP contribution is -2.28. The third-order valence-corrected chi connectivity index (χ3v) is 3.87. The van der Waals surface area contributed by atoms with Crippen molar-refractivity contribution in [1.82, 2.24) is 4.90 Å². The number of carbonyl (C=O) groups is 1. The summed E-state index contributed by atoms with van der Waals surface area (Å²) in [5.74, 6) is -0.105. The molecule has 1 N–H and O–H groups in total. The second-order valence-corrected chi connectivity index (χ2v) is 5.53. The van der Waals surface area contributed by atoms with Gasteiger partial charge in [0.2, 0.25) is 5.91 Å². The van der Waals surface area contributed by atoms with Gasteiger partial charge in [0.25, 0.3) is 0 Å². The third kappa shape index (κ3) is 4.10. The molecule has 1 aliphatic rings. The van der Waals surface area contributed by atoms with Gasteiger partial charge in [0.05, 0.1) is 11.7 Å². The van der Waals surface area contributed by atoms with Crippen LogP contribution in [-0.4, -0.2) is 35.1 Å². The van der Waals surface area contributed by atoms with Crippen LogP contribution in [0.4, 0.5) is 13.2 Å². The van der Waals surface area contributed by atoms with E-state index in [4.69, 9.17) is 0 Å². The van der Waals surface area contributed by atoms with Crippen molar-refractivity contribution in [1.29, 1.82) is 0 Å². The van der Waals surface area contributed by atoms with Crippen LogP contribution >= 0.6 is 0 Å². The van der Waals surface area contributed by atoms with E-state index in [2.05, 4.69) is 0 Å². The van der Waals surface area contributed by atoms with Crippen molar-refractivity contribution >= 4 is 12.0 Å². The smallest absolute Gasteiger partial charge is 0.393 e. The lowest BCUT2D eigenvalue weighted by Gasteiger charge is -2.15. The first-order chi connectivity index (χ1) is 10.3. The van der Waals surface area contributed by atoms with Gasteiger partial charge in [-0.2, -0.15) is 13.2 Å². The van der Waals surface area contributed by atoms with Crippen LogP contribution in [0.1, 0.15) is 24.5 Å². The van der Waals surface area contributed by atoms with Crippen molar-refractivity contribution in [2.75, 3.05) is 13.1 Å². The molecule has 22 heavy (non-hydrogen) atoms. The summed E-state index contributed by atoms with van der Waals surface area (Å²) in [4.78, 5) is 13.6. The summed E-state index contributed by atoms with van der Waals surface area (Å²) < 4.78 is 37.3. The molecule has 1 aromatic rings. The molecule has 0 aromatic heterocycles. The summed E-state index contributed by atoms with van der Waals surface area (Å²) in [6, 6.07) is 4.64. The highest BCUT2D eigenvalue weighted by molar-refractivity contribution is 5.91. The molecule has 1 aromatic carbocycles. The van der Waals surface area contributed by atoms with Crippen LogP contribution in [0, 0.1) is 5.92 Å². The van der Waals surface area contributed by atoms with Crippen LogP contribution in [0.25, 0.3) is 6.08 Å². The zero-order chi connectivity index (χ0) is 16.3. The average Bonchev–Trinajstić information content (AvgIpc) is 2.94. The molecule has 0 spiro atoms. The minimum absolute atomic E-state index is 0.0865. The fraction of sp³-hybridized carbons (Fsp3) is 0.438. The first-order valence-corrected chi connectivity index (χ1v) is 7.09. The summed E-state index contributed by atoms with van der Waals surface area (Å²) in [7, 11) is 0. The molecule has 0 aliphatic carbocycles. The maximum Gasteiger partial charge on any atom is 0.416 e. The highest BCUT2D eigenvalue weighted by Gasteiger charge is 2.30. The molecule has 6 heteroatoms. The van der Waals surface area contributed by atoms with E-state index in [1.165, 1.54) is 24.3 Å².